The van der Waals surface area contributed by atoms with E-state index in [-0.39, 0.29) is 5.56 Å². The van der Waals surface area contributed by atoms with E-state index in [0.717, 1.165) is 37.3 Å². The molecular formula is C16H22N4O. The molecule has 0 aromatic carbocycles. The molecule has 0 aliphatic carbocycles. The predicted molar refractivity (Wildman–Crippen MR) is 83.2 cm³/mol. The van der Waals surface area contributed by atoms with Crippen molar-refractivity contribution in [1.29, 1.82) is 0 Å². The zero-order valence-electron chi connectivity index (χ0n) is 12.6. The molecule has 2 unspecified atom stereocenters. The van der Waals surface area contributed by atoms with E-state index in [2.05, 4.69) is 16.8 Å². The van der Waals surface area contributed by atoms with Gasteiger partial charge >= 0.3 is 0 Å². The van der Waals surface area contributed by atoms with Crippen LogP contribution in [0.5, 0.6) is 0 Å². The molecule has 1 fully saturated rings. The summed E-state index contributed by atoms with van der Waals surface area (Å²) in [6.07, 6.45) is 2.96. The van der Waals surface area contributed by atoms with Crippen LogP contribution in [0.2, 0.25) is 0 Å². The summed E-state index contributed by atoms with van der Waals surface area (Å²) in [6.45, 7) is 6.63. The van der Waals surface area contributed by atoms with E-state index >= 15 is 0 Å². The summed E-state index contributed by atoms with van der Waals surface area (Å²) in [6, 6.07) is 6.02. The van der Waals surface area contributed by atoms with Crippen LogP contribution in [0.4, 0.5) is 0 Å². The summed E-state index contributed by atoms with van der Waals surface area (Å²) in [5, 5.41) is 0. The van der Waals surface area contributed by atoms with Crippen molar-refractivity contribution in [3.8, 4) is 0 Å². The van der Waals surface area contributed by atoms with Gasteiger partial charge in [0, 0.05) is 31.4 Å². The highest BCUT2D eigenvalue weighted by Crippen LogP contribution is 2.23. The zero-order chi connectivity index (χ0) is 15.0. The van der Waals surface area contributed by atoms with E-state index in [1.165, 1.54) is 0 Å². The van der Waals surface area contributed by atoms with E-state index in [9.17, 15) is 4.79 Å². The van der Waals surface area contributed by atoms with Crippen molar-refractivity contribution >= 4 is 5.65 Å². The number of aryl methyl sites for hydroxylation is 1. The summed E-state index contributed by atoms with van der Waals surface area (Å²) < 4.78 is 1.61. The zero-order valence-corrected chi connectivity index (χ0v) is 12.6. The fourth-order valence-electron chi connectivity index (χ4n) is 3.16. The number of nitrogens with zero attached hydrogens (tertiary/aromatic N) is 3. The number of aromatic nitrogens is 2. The molecule has 112 valence electrons. The molecule has 5 nitrogen and oxygen atoms in total. The minimum Gasteiger partial charge on any atom is -0.330 e. The maximum Gasteiger partial charge on any atom is 0.258 e. The minimum absolute atomic E-state index is 0.0130. The minimum atomic E-state index is -0.0130. The van der Waals surface area contributed by atoms with Crippen LogP contribution in [0.3, 0.4) is 0 Å². The maximum absolute atomic E-state index is 12.2. The van der Waals surface area contributed by atoms with E-state index in [1.807, 2.05) is 25.3 Å². The molecule has 2 aromatic rings. The third-order valence-corrected chi connectivity index (χ3v) is 4.35. The van der Waals surface area contributed by atoms with Crippen molar-refractivity contribution < 1.29 is 0 Å². The van der Waals surface area contributed by atoms with E-state index in [0.29, 0.717) is 17.6 Å². The highest BCUT2D eigenvalue weighted by molar-refractivity contribution is 5.39. The lowest BCUT2D eigenvalue weighted by Crippen LogP contribution is -2.29. The first-order chi connectivity index (χ1) is 10.1. The van der Waals surface area contributed by atoms with Gasteiger partial charge in [-0.2, -0.15) is 0 Å². The number of rotatable bonds is 3. The number of likely N-dealkylation sites (tertiary alicyclic amines) is 1. The van der Waals surface area contributed by atoms with Gasteiger partial charge in [0.2, 0.25) is 0 Å². The molecule has 0 spiro atoms. The second kappa shape index (κ2) is 5.58. The lowest BCUT2D eigenvalue weighted by molar-refractivity contribution is 0.253. The summed E-state index contributed by atoms with van der Waals surface area (Å²) in [5.74, 6) is 0.559. The maximum atomic E-state index is 12.2. The van der Waals surface area contributed by atoms with Crippen molar-refractivity contribution in [3.63, 3.8) is 0 Å². The Labute approximate surface area is 124 Å². The molecule has 5 heteroatoms. The summed E-state index contributed by atoms with van der Waals surface area (Å²) in [5.41, 5.74) is 8.36. The van der Waals surface area contributed by atoms with Gasteiger partial charge in [0.05, 0.1) is 5.69 Å². The summed E-state index contributed by atoms with van der Waals surface area (Å²) in [7, 11) is 0. The molecule has 0 amide bonds. The van der Waals surface area contributed by atoms with Crippen LogP contribution < -0.4 is 11.3 Å². The molecule has 0 saturated carbocycles. The number of fused-ring (bicyclic) bond motifs is 1. The van der Waals surface area contributed by atoms with Crippen LogP contribution in [-0.2, 0) is 6.54 Å². The van der Waals surface area contributed by atoms with Gasteiger partial charge in [-0.05, 0) is 44.4 Å². The molecule has 2 aromatic heterocycles. The molecule has 3 heterocycles. The van der Waals surface area contributed by atoms with Crippen LogP contribution in [0.15, 0.2) is 29.2 Å². The largest absolute Gasteiger partial charge is 0.330 e. The van der Waals surface area contributed by atoms with E-state index in [1.54, 1.807) is 10.5 Å². The van der Waals surface area contributed by atoms with Crippen LogP contribution in [0, 0.1) is 12.8 Å². The smallest absolute Gasteiger partial charge is 0.258 e. The standard InChI is InChI=1S/C16H22N4O/c1-11-3-4-15-18-14(6-16(21)20(15)8-11)10-19-9-13(7-17)5-12(19)2/h3-4,6,8,12-13H,5,7,9-10,17H2,1-2H3. The first kappa shape index (κ1) is 14.2. The average molecular weight is 286 g/mol. The van der Waals surface area contributed by atoms with Gasteiger partial charge in [-0.3, -0.25) is 14.1 Å². The highest BCUT2D eigenvalue weighted by atomic mass is 16.1. The molecule has 1 aliphatic rings. The van der Waals surface area contributed by atoms with Gasteiger partial charge < -0.3 is 5.73 Å². The van der Waals surface area contributed by atoms with Crippen LogP contribution in [0.1, 0.15) is 24.6 Å². The topological polar surface area (TPSA) is 63.6 Å². The van der Waals surface area contributed by atoms with Crippen molar-refractivity contribution in [2.75, 3.05) is 13.1 Å². The second-order valence-corrected chi connectivity index (χ2v) is 6.14. The third-order valence-electron chi connectivity index (χ3n) is 4.35. The highest BCUT2D eigenvalue weighted by Gasteiger charge is 2.28. The van der Waals surface area contributed by atoms with Crippen LogP contribution in [-0.4, -0.2) is 33.4 Å². The lowest BCUT2D eigenvalue weighted by Gasteiger charge is -2.20. The van der Waals surface area contributed by atoms with E-state index < -0.39 is 0 Å². The number of hydrogen-bond acceptors (Lipinski definition) is 4. The lowest BCUT2D eigenvalue weighted by atomic mass is 10.1. The first-order valence-electron chi connectivity index (χ1n) is 7.50. The molecule has 2 atom stereocenters. The summed E-state index contributed by atoms with van der Waals surface area (Å²) in [4.78, 5) is 19.2. The molecule has 1 aliphatic heterocycles. The third kappa shape index (κ3) is 2.84. The molecule has 0 bridgehead atoms. The Hall–Kier alpha value is -1.72. The fraction of sp³-hybridized carbons (Fsp3) is 0.500. The molecule has 0 radical (unpaired) electrons. The second-order valence-electron chi connectivity index (χ2n) is 6.14. The van der Waals surface area contributed by atoms with Gasteiger partial charge in [-0.15, -0.1) is 0 Å². The number of nitrogens with two attached hydrogens (primary N) is 1. The predicted octanol–water partition coefficient (Wildman–Crippen LogP) is 1.17. The van der Waals surface area contributed by atoms with Crippen LogP contribution >= 0.6 is 0 Å². The van der Waals surface area contributed by atoms with Crippen molar-refractivity contribution in [2.24, 2.45) is 11.7 Å². The molecule has 3 rings (SSSR count). The van der Waals surface area contributed by atoms with Crippen LogP contribution in [0.25, 0.3) is 5.65 Å². The Balaban J connectivity index is 1.88. The van der Waals surface area contributed by atoms with Crippen molar-refractivity contribution in [3.05, 3.63) is 46.0 Å². The Kier molecular flexibility index (Phi) is 3.78. The molecule has 21 heavy (non-hydrogen) atoms. The fourth-order valence-corrected chi connectivity index (χ4v) is 3.16. The number of hydrogen-bond donors (Lipinski definition) is 1. The van der Waals surface area contributed by atoms with Crippen molar-refractivity contribution in [2.45, 2.75) is 32.9 Å². The quantitative estimate of drug-likeness (QED) is 0.920. The Bertz CT molecular complexity index is 709. The molecule has 2 N–H and O–H groups in total. The monoisotopic (exact) mass is 286 g/mol. The van der Waals surface area contributed by atoms with Crippen molar-refractivity contribution in [1.82, 2.24) is 14.3 Å². The Morgan fingerprint density at radius 1 is 1.43 bits per heavy atom. The average Bonchev–Trinajstić information content (AvgIpc) is 2.80. The molecule has 1 saturated heterocycles. The van der Waals surface area contributed by atoms with Gasteiger partial charge in [0.25, 0.3) is 5.56 Å². The normalized spacial score (nSPS) is 23.0. The molecular weight excluding hydrogens is 264 g/mol. The first-order valence-corrected chi connectivity index (χ1v) is 7.50. The summed E-state index contributed by atoms with van der Waals surface area (Å²) >= 11 is 0. The van der Waals surface area contributed by atoms with Gasteiger partial charge in [0.15, 0.2) is 0 Å². The number of pyridine rings is 1. The Morgan fingerprint density at radius 2 is 2.24 bits per heavy atom. The van der Waals surface area contributed by atoms with Gasteiger partial charge in [0.1, 0.15) is 5.65 Å². The van der Waals surface area contributed by atoms with Gasteiger partial charge in [-0.25, -0.2) is 4.98 Å². The van der Waals surface area contributed by atoms with E-state index in [4.69, 9.17) is 5.73 Å². The van der Waals surface area contributed by atoms with Gasteiger partial charge in [-0.1, -0.05) is 6.07 Å². The SMILES string of the molecule is Cc1ccc2nc(CN3CC(CN)CC3C)cc(=O)n2c1. The Morgan fingerprint density at radius 3 is 2.95 bits per heavy atom.